The molecular weight excluding hydrogens is 196 g/mol. The van der Waals surface area contributed by atoms with Crippen LogP contribution in [0.25, 0.3) is 5.57 Å². The van der Waals surface area contributed by atoms with Crippen LogP contribution in [0.1, 0.15) is 5.56 Å². The molecule has 0 unspecified atom stereocenters. The van der Waals surface area contributed by atoms with Crippen LogP contribution in [0, 0.1) is 10.1 Å². The van der Waals surface area contributed by atoms with E-state index >= 15 is 0 Å². The monoisotopic (exact) mass is 208 g/mol. The van der Waals surface area contributed by atoms with Crippen LogP contribution in [0.3, 0.4) is 0 Å². The predicted octanol–water partition coefficient (Wildman–Crippen LogP) is 1.58. The average Bonchev–Trinajstić information content (AvgIpc) is 2.26. The lowest BCUT2D eigenvalue weighted by molar-refractivity contribution is -0.385. The van der Waals surface area contributed by atoms with E-state index in [-0.39, 0.29) is 12.2 Å². The Morgan fingerprint density at radius 2 is 2.33 bits per heavy atom. The number of rotatable bonds is 4. The van der Waals surface area contributed by atoms with Crippen molar-refractivity contribution in [2.24, 2.45) is 5.73 Å². The number of nitro benzene ring substituents is 1. The molecule has 1 rings (SSSR count). The number of hydrogen-bond donors (Lipinski definition) is 1. The van der Waals surface area contributed by atoms with Crippen molar-refractivity contribution in [2.45, 2.75) is 0 Å². The Kier molecular flexibility index (Phi) is 3.41. The van der Waals surface area contributed by atoms with Crippen molar-refractivity contribution >= 4 is 11.3 Å². The van der Waals surface area contributed by atoms with Gasteiger partial charge in [-0.3, -0.25) is 10.1 Å². The van der Waals surface area contributed by atoms with Gasteiger partial charge in [0.15, 0.2) is 0 Å². The quantitative estimate of drug-likeness (QED) is 0.601. The Morgan fingerprint density at radius 1 is 1.67 bits per heavy atom. The highest BCUT2D eigenvalue weighted by Gasteiger charge is 2.15. The third kappa shape index (κ3) is 2.32. The van der Waals surface area contributed by atoms with E-state index in [1.807, 2.05) is 0 Å². The fourth-order valence-corrected chi connectivity index (χ4v) is 1.19. The second kappa shape index (κ2) is 4.56. The number of nitrogens with zero attached hydrogens (tertiary/aromatic N) is 1. The maximum absolute atomic E-state index is 10.7. The Balaban J connectivity index is 3.28. The fourth-order valence-electron chi connectivity index (χ4n) is 1.19. The Bertz CT molecular complexity index is 402. The van der Waals surface area contributed by atoms with E-state index in [0.29, 0.717) is 16.9 Å². The maximum atomic E-state index is 10.7. The molecule has 0 saturated heterocycles. The van der Waals surface area contributed by atoms with Gasteiger partial charge in [-0.15, -0.1) is 0 Å². The molecule has 0 bridgehead atoms. The molecule has 0 aliphatic carbocycles. The zero-order chi connectivity index (χ0) is 11.4. The summed E-state index contributed by atoms with van der Waals surface area (Å²) in [5.74, 6) is 0.546. The van der Waals surface area contributed by atoms with Gasteiger partial charge in [0, 0.05) is 12.6 Å². The van der Waals surface area contributed by atoms with Crippen LogP contribution in [0.4, 0.5) is 5.69 Å². The van der Waals surface area contributed by atoms with Crippen LogP contribution >= 0.6 is 0 Å². The minimum absolute atomic E-state index is 0.00810. The van der Waals surface area contributed by atoms with Crippen molar-refractivity contribution in [2.75, 3.05) is 13.7 Å². The van der Waals surface area contributed by atoms with E-state index in [1.54, 1.807) is 6.07 Å². The molecule has 5 heteroatoms. The van der Waals surface area contributed by atoms with E-state index in [2.05, 4.69) is 6.58 Å². The molecule has 0 heterocycles. The van der Waals surface area contributed by atoms with Crippen LogP contribution in [0.15, 0.2) is 24.8 Å². The second-order valence-corrected chi connectivity index (χ2v) is 2.95. The van der Waals surface area contributed by atoms with Gasteiger partial charge in [0.1, 0.15) is 5.75 Å². The molecule has 0 amide bonds. The SMILES string of the molecule is C=C(CN)c1cc(OC)ccc1[N+](=O)[O-]. The van der Waals surface area contributed by atoms with Gasteiger partial charge in [-0.25, -0.2) is 0 Å². The smallest absolute Gasteiger partial charge is 0.277 e. The molecule has 0 atom stereocenters. The third-order valence-corrected chi connectivity index (χ3v) is 2.03. The molecule has 1 aromatic rings. The normalized spacial score (nSPS) is 9.73. The van der Waals surface area contributed by atoms with Crippen molar-refractivity contribution in [1.29, 1.82) is 0 Å². The first kappa shape index (κ1) is 11.2. The molecule has 1 aromatic carbocycles. The van der Waals surface area contributed by atoms with Gasteiger partial charge >= 0.3 is 0 Å². The highest BCUT2D eigenvalue weighted by atomic mass is 16.6. The molecule has 0 aliphatic heterocycles. The molecule has 0 saturated carbocycles. The standard InChI is InChI=1S/C10H12N2O3/c1-7(6-11)9-5-8(15-2)3-4-10(9)12(13)14/h3-5H,1,6,11H2,2H3. The van der Waals surface area contributed by atoms with E-state index in [9.17, 15) is 10.1 Å². The summed E-state index contributed by atoms with van der Waals surface area (Å²) in [7, 11) is 1.50. The fraction of sp³-hybridized carbons (Fsp3) is 0.200. The third-order valence-electron chi connectivity index (χ3n) is 2.03. The van der Waals surface area contributed by atoms with Crippen LogP contribution in [-0.2, 0) is 0 Å². The van der Waals surface area contributed by atoms with Gasteiger partial charge in [-0.1, -0.05) is 6.58 Å². The molecule has 0 aromatic heterocycles. The van der Waals surface area contributed by atoms with E-state index in [0.717, 1.165) is 0 Å². The summed E-state index contributed by atoms with van der Waals surface area (Å²) in [5.41, 5.74) is 6.33. The van der Waals surface area contributed by atoms with Gasteiger partial charge < -0.3 is 10.5 Å². The number of hydrogen-bond acceptors (Lipinski definition) is 4. The van der Waals surface area contributed by atoms with Crippen LogP contribution < -0.4 is 10.5 Å². The summed E-state index contributed by atoms with van der Waals surface area (Å²) < 4.78 is 4.98. The van der Waals surface area contributed by atoms with Crippen molar-refractivity contribution in [1.82, 2.24) is 0 Å². The Hall–Kier alpha value is -1.88. The first-order valence-corrected chi connectivity index (χ1v) is 4.30. The minimum atomic E-state index is -0.463. The second-order valence-electron chi connectivity index (χ2n) is 2.95. The minimum Gasteiger partial charge on any atom is -0.497 e. The molecule has 0 spiro atoms. The van der Waals surface area contributed by atoms with Crippen LogP contribution in [0.5, 0.6) is 5.75 Å². The number of benzene rings is 1. The summed E-state index contributed by atoms with van der Waals surface area (Å²) in [4.78, 5) is 10.3. The summed E-state index contributed by atoms with van der Waals surface area (Å²) in [5, 5.41) is 10.7. The predicted molar refractivity (Wildman–Crippen MR) is 57.7 cm³/mol. The molecule has 0 fully saturated rings. The molecule has 0 radical (unpaired) electrons. The van der Waals surface area contributed by atoms with E-state index in [1.165, 1.54) is 19.2 Å². The maximum Gasteiger partial charge on any atom is 0.277 e. The number of nitro groups is 1. The van der Waals surface area contributed by atoms with Crippen molar-refractivity contribution < 1.29 is 9.66 Å². The van der Waals surface area contributed by atoms with Crippen LogP contribution in [0.2, 0.25) is 0 Å². The van der Waals surface area contributed by atoms with Crippen molar-refractivity contribution in [3.8, 4) is 5.75 Å². The summed E-state index contributed by atoms with van der Waals surface area (Å²) in [6.45, 7) is 3.85. The zero-order valence-electron chi connectivity index (χ0n) is 8.40. The number of ether oxygens (including phenoxy) is 1. The van der Waals surface area contributed by atoms with Crippen molar-refractivity contribution in [3.63, 3.8) is 0 Å². The van der Waals surface area contributed by atoms with Gasteiger partial charge in [-0.05, 0) is 17.7 Å². The summed E-state index contributed by atoms with van der Waals surface area (Å²) in [6, 6.07) is 4.48. The molecule has 15 heavy (non-hydrogen) atoms. The largest absolute Gasteiger partial charge is 0.497 e. The van der Waals surface area contributed by atoms with Crippen LogP contribution in [-0.4, -0.2) is 18.6 Å². The lowest BCUT2D eigenvalue weighted by Gasteiger charge is -2.06. The first-order valence-electron chi connectivity index (χ1n) is 4.30. The van der Waals surface area contributed by atoms with Gasteiger partial charge in [0.05, 0.1) is 17.6 Å². The highest BCUT2D eigenvalue weighted by molar-refractivity contribution is 5.73. The lowest BCUT2D eigenvalue weighted by atomic mass is 10.1. The summed E-state index contributed by atoms with van der Waals surface area (Å²) >= 11 is 0. The van der Waals surface area contributed by atoms with E-state index < -0.39 is 4.92 Å². The van der Waals surface area contributed by atoms with E-state index in [4.69, 9.17) is 10.5 Å². The zero-order valence-corrected chi connectivity index (χ0v) is 8.40. The topological polar surface area (TPSA) is 78.4 Å². The number of nitrogens with two attached hydrogens (primary N) is 1. The number of methoxy groups -OCH3 is 1. The highest BCUT2D eigenvalue weighted by Crippen LogP contribution is 2.28. The lowest BCUT2D eigenvalue weighted by Crippen LogP contribution is -2.04. The van der Waals surface area contributed by atoms with Crippen molar-refractivity contribution in [3.05, 3.63) is 40.5 Å². The molecule has 2 N–H and O–H groups in total. The average molecular weight is 208 g/mol. The molecular formula is C10H12N2O3. The summed E-state index contributed by atoms with van der Waals surface area (Å²) in [6.07, 6.45) is 0. The van der Waals surface area contributed by atoms with Gasteiger partial charge in [-0.2, -0.15) is 0 Å². The first-order chi connectivity index (χ1) is 7.10. The van der Waals surface area contributed by atoms with Gasteiger partial charge in [0.2, 0.25) is 0 Å². The Morgan fingerprint density at radius 3 is 2.80 bits per heavy atom. The van der Waals surface area contributed by atoms with Gasteiger partial charge in [0.25, 0.3) is 5.69 Å². The molecule has 0 aliphatic rings. The Labute approximate surface area is 87.3 Å². The molecule has 80 valence electrons. The molecule has 5 nitrogen and oxygen atoms in total.